The Labute approximate surface area is 133 Å². The number of phosphoric ester groups is 3. The smallest absolute Gasteiger partial charge is 0.387 e. The third kappa shape index (κ3) is 6.50. The van der Waals surface area contributed by atoms with Gasteiger partial charge in [0.25, 0.3) is 0 Å². The van der Waals surface area contributed by atoms with Crippen LogP contribution in [0.4, 0.5) is 0 Å². The van der Waals surface area contributed by atoms with E-state index in [2.05, 4.69) is 13.6 Å². The summed E-state index contributed by atoms with van der Waals surface area (Å²) in [5, 5.41) is 29.3. The summed E-state index contributed by atoms with van der Waals surface area (Å²) in [6, 6.07) is 0. The Morgan fingerprint density at radius 2 is 0.750 bits per heavy atom. The molecular weight excluding hydrogens is 405 g/mol. The number of aliphatic hydroxyl groups is 3. The molecule has 24 heavy (non-hydrogen) atoms. The molecular formula is C6H15O15P3. The molecule has 0 heterocycles. The highest BCUT2D eigenvalue weighted by atomic mass is 31.2. The van der Waals surface area contributed by atoms with Crippen LogP contribution in [0.1, 0.15) is 0 Å². The minimum absolute atomic E-state index is 2.32. The van der Waals surface area contributed by atoms with E-state index in [1.807, 2.05) is 0 Å². The van der Waals surface area contributed by atoms with Gasteiger partial charge in [0, 0.05) is 0 Å². The van der Waals surface area contributed by atoms with Gasteiger partial charge in [-0.3, -0.25) is 13.6 Å². The van der Waals surface area contributed by atoms with E-state index in [1.165, 1.54) is 0 Å². The first-order valence-electron chi connectivity index (χ1n) is 5.78. The van der Waals surface area contributed by atoms with Gasteiger partial charge in [0.2, 0.25) is 0 Å². The average Bonchev–Trinajstić information content (AvgIpc) is 2.32. The van der Waals surface area contributed by atoms with E-state index in [0.29, 0.717) is 0 Å². The molecule has 144 valence electrons. The van der Waals surface area contributed by atoms with Gasteiger partial charge < -0.3 is 44.7 Å². The Morgan fingerprint density at radius 3 is 1.08 bits per heavy atom. The first-order valence-corrected chi connectivity index (χ1v) is 10.4. The van der Waals surface area contributed by atoms with Crippen LogP contribution in [0.2, 0.25) is 0 Å². The summed E-state index contributed by atoms with van der Waals surface area (Å²) in [5.74, 6) is 0. The third-order valence-electron chi connectivity index (χ3n) is 2.80. The van der Waals surface area contributed by atoms with Crippen molar-refractivity contribution in [3.05, 3.63) is 0 Å². The van der Waals surface area contributed by atoms with Crippen molar-refractivity contribution >= 4 is 23.5 Å². The highest BCUT2D eigenvalue weighted by Gasteiger charge is 2.56. The predicted molar refractivity (Wildman–Crippen MR) is 68.8 cm³/mol. The fraction of sp³-hybridized carbons (Fsp3) is 1.00. The Balaban J connectivity index is 3.23. The van der Waals surface area contributed by atoms with Crippen molar-refractivity contribution in [1.82, 2.24) is 0 Å². The quantitative estimate of drug-likeness (QED) is 0.189. The van der Waals surface area contributed by atoms with Gasteiger partial charge in [-0.25, -0.2) is 13.7 Å². The molecule has 1 saturated carbocycles. The van der Waals surface area contributed by atoms with Crippen molar-refractivity contribution in [3.63, 3.8) is 0 Å². The lowest BCUT2D eigenvalue weighted by atomic mass is 9.85. The molecule has 1 aliphatic carbocycles. The van der Waals surface area contributed by atoms with Crippen LogP contribution in [-0.4, -0.2) is 81.3 Å². The third-order valence-corrected chi connectivity index (χ3v) is 4.35. The van der Waals surface area contributed by atoms with Crippen molar-refractivity contribution < 1.29 is 71.9 Å². The molecule has 9 N–H and O–H groups in total. The molecule has 0 amide bonds. The Hall–Kier alpha value is 0.210. The minimum Gasteiger partial charge on any atom is -0.387 e. The Bertz CT molecular complexity index is 574. The lowest BCUT2D eigenvalue weighted by molar-refractivity contribution is -0.212. The number of phosphoric acid groups is 3. The second-order valence-electron chi connectivity index (χ2n) is 4.65. The molecule has 0 saturated heterocycles. The van der Waals surface area contributed by atoms with Crippen LogP contribution < -0.4 is 0 Å². The van der Waals surface area contributed by atoms with E-state index in [9.17, 15) is 29.0 Å². The van der Waals surface area contributed by atoms with E-state index in [1.54, 1.807) is 0 Å². The zero-order valence-corrected chi connectivity index (χ0v) is 14.0. The van der Waals surface area contributed by atoms with Crippen molar-refractivity contribution in [1.29, 1.82) is 0 Å². The van der Waals surface area contributed by atoms with Gasteiger partial charge in [-0.05, 0) is 0 Å². The second-order valence-corrected chi connectivity index (χ2v) is 8.23. The molecule has 0 aromatic rings. The maximum atomic E-state index is 10.9. The van der Waals surface area contributed by atoms with Crippen LogP contribution in [0.25, 0.3) is 0 Å². The number of hydrogen-bond acceptors (Lipinski definition) is 9. The molecule has 0 unspecified atom stereocenters. The molecule has 0 radical (unpaired) electrons. The van der Waals surface area contributed by atoms with E-state index in [4.69, 9.17) is 29.4 Å². The van der Waals surface area contributed by atoms with Crippen LogP contribution in [0, 0.1) is 0 Å². The van der Waals surface area contributed by atoms with Crippen molar-refractivity contribution in [2.45, 2.75) is 36.6 Å². The monoisotopic (exact) mass is 420 g/mol. The molecule has 1 fully saturated rings. The minimum atomic E-state index is -5.43. The SMILES string of the molecule is O=P(O)(O)O[C@H]1[C@H](O)[C@H](O)[C@@H](OP(=O)(O)O)[C@H](OP(=O)(O)O)[C@H]1O. The lowest BCUT2D eigenvalue weighted by Crippen LogP contribution is -2.65. The predicted octanol–water partition coefficient (Wildman–Crippen LogP) is -3.48. The van der Waals surface area contributed by atoms with E-state index < -0.39 is 60.1 Å². The van der Waals surface area contributed by atoms with Gasteiger partial charge in [-0.15, -0.1) is 0 Å². The molecule has 0 aromatic carbocycles. The molecule has 0 aromatic heterocycles. The summed E-state index contributed by atoms with van der Waals surface area (Å²) in [5.41, 5.74) is 0. The van der Waals surface area contributed by atoms with Crippen molar-refractivity contribution in [2.75, 3.05) is 0 Å². The normalized spacial score (nSPS) is 35.9. The Morgan fingerprint density at radius 1 is 0.500 bits per heavy atom. The molecule has 15 nitrogen and oxygen atoms in total. The number of aliphatic hydroxyl groups excluding tert-OH is 3. The van der Waals surface area contributed by atoms with E-state index in [-0.39, 0.29) is 0 Å². The van der Waals surface area contributed by atoms with Crippen LogP contribution in [0.15, 0.2) is 0 Å². The average molecular weight is 420 g/mol. The van der Waals surface area contributed by atoms with E-state index >= 15 is 0 Å². The lowest BCUT2D eigenvalue weighted by Gasteiger charge is -2.44. The summed E-state index contributed by atoms with van der Waals surface area (Å²) < 4.78 is 44.7. The van der Waals surface area contributed by atoms with Crippen molar-refractivity contribution in [3.8, 4) is 0 Å². The maximum absolute atomic E-state index is 10.9. The standard InChI is InChI=1S/C6H15O15P3/c7-1-2(8)5(20-23(13,14)15)6(21-24(16,17)18)3(9)4(1)19-22(10,11)12/h1-9H,(H2,10,11,12)(H2,13,14,15)(H2,16,17,18)/t1-,2+,3+,4+,5-,6-/m1/s1. The van der Waals surface area contributed by atoms with E-state index in [0.717, 1.165) is 0 Å². The highest BCUT2D eigenvalue weighted by Crippen LogP contribution is 2.49. The van der Waals surface area contributed by atoms with Gasteiger partial charge in [-0.2, -0.15) is 0 Å². The van der Waals surface area contributed by atoms with Crippen LogP contribution in [-0.2, 0) is 27.3 Å². The maximum Gasteiger partial charge on any atom is 0.470 e. The second kappa shape index (κ2) is 7.45. The van der Waals surface area contributed by atoms with Crippen LogP contribution in [0.3, 0.4) is 0 Å². The van der Waals surface area contributed by atoms with Gasteiger partial charge >= 0.3 is 23.5 Å². The first kappa shape index (κ1) is 22.3. The first-order chi connectivity index (χ1) is 10.5. The fourth-order valence-electron chi connectivity index (χ4n) is 2.01. The Kier molecular flexibility index (Phi) is 6.90. The topological polar surface area (TPSA) is 261 Å². The molecule has 0 aliphatic heterocycles. The number of rotatable bonds is 6. The van der Waals surface area contributed by atoms with Crippen molar-refractivity contribution in [2.24, 2.45) is 0 Å². The molecule has 0 bridgehead atoms. The summed E-state index contributed by atoms with van der Waals surface area (Å²) in [6.07, 6.45) is -14.3. The molecule has 18 heteroatoms. The molecule has 1 rings (SSSR count). The summed E-state index contributed by atoms with van der Waals surface area (Å²) >= 11 is 0. The van der Waals surface area contributed by atoms with Gasteiger partial charge in [0.1, 0.15) is 36.6 Å². The summed E-state index contributed by atoms with van der Waals surface area (Å²) in [7, 11) is -16.2. The zero-order valence-electron chi connectivity index (χ0n) is 11.3. The molecule has 0 spiro atoms. The fourth-order valence-corrected chi connectivity index (χ4v) is 3.70. The zero-order chi connectivity index (χ0) is 19.1. The summed E-state index contributed by atoms with van der Waals surface area (Å²) in [6.45, 7) is 0. The van der Waals surface area contributed by atoms with Gasteiger partial charge in [0.05, 0.1) is 0 Å². The summed E-state index contributed by atoms with van der Waals surface area (Å²) in [4.78, 5) is 52.4. The van der Waals surface area contributed by atoms with Crippen LogP contribution in [0.5, 0.6) is 0 Å². The highest BCUT2D eigenvalue weighted by molar-refractivity contribution is 7.46. The van der Waals surface area contributed by atoms with Gasteiger partial charge in [-0.1, -0.05) is 0 Å². The largest absolute Gasteiger partial charge is 0.470 e. The van der Waals surface area contributed by atoms with Crippen LogP contribution >= 0.6 is 23.5 Å². The molecule has 1 aliphatic rings. The molecule has 6 atom stereocenters. The van der Waals surface area contributed by atoms with Gasteiger partial charge in [0.15, 0.2) is 0 Å². The number of hydrogen-bond donors (Lipinski definition) is 9.